The van der Waals surface area contributed by atoms with Gasteiger partial charge in [0.2, 0.25) is 0 Å². The van der Waals surface area contributed by atoms with Gasteiger partial charge in [0.25, 0.3) is 0 Å². The lowest BCUT2D eigenvalue weighted by molar-refractivity contribution is 0.172. The summed E-state index contributed by atoms with van der Waals surface area (Å²) in [4.78, 5) is 17.8. The van der Waals surface area contributed by atoms with Gasteiger partial charge >= 0.3 is 6.09 Å². The summed E-state index contributed by atoms with van der Waals surface area (Å²) in [7, 11) is 7.67. The standard InChI is InChI=1S/C15H21N3O2/c1-16(2)15(19)20-10-5-6-13-12(9-10)11-7-8-17(3)14(11)18(13)4/h5-6,9,11,14H,7-8H2,1-4H3. The Morgan fingerprint density at radius 3 is 2.80 bits per heavy atom. The molecule has 0 spiro atoms. The number of likely N-dealkylation sites (N-methyl/N-ethyl adjacent to an activating group) is 2. The highest BCUT2D eigenvalue weighted by molar-refractivity contribution is 5.71. The van der Waals surface area contributed by atoms with Gasteiger partial charge in [-0.1, -0.05) is 0 Å². The van der Waals surface area contributed by atoms with E-state index < -0.39 is 0 Å². The molecule has 0 saturated carbocycles. The summed E-state index contributed by atoms with van der Waals surface area (Å²) in [5, 5.41) is 0. The fraction of sp³-hybridized carbons (Fsp3) is 0.533. The monoisotopic (exact) mass is 275 g/mol. The largest absolute Gasteiger partial charge is 0.414 e. The second-order valence-electron chi connectivity index (χ2n) is 5.88. The molecule has 2 heterocycles. The van der Waals surface area contributed by atoms with Crippen LogP contribution in [0, 0.1) is 0 Å². The predicted molar refractivity (Wildman–Crippen MR) is 78.3 cm³/mol. The molecule has 0 radical (unpaired) electrons. The molecular weight excluding hydrogens is 254 g/mol. The minimum Gasteiger partial charge on any atom is -0.410 e. The summed E-state index contributed by atoms with van der Waals surface area (Å²) in [6.07, 6.45) is 1.25. The van der Waals surface area contributed by atoms with Crippen LogP contribution >= 0.6 is 0 Å². The van der Waals surface area contributed by atoms with E-state index in [1.54, 1.807) is 14.1 Å². The molecule has 1 saturated heterocycles. The fourth-order valence-electron chi connectivity index (χ4n) is 3.36. The summed E-state index contributed by atoms with van der Waals surface area (Å²) in [6, 6.07) is 5.95. The van der Waals surface area contributed by atoms with Crippen molar-refractivity contribution in [1.82, 2.24) is 9.80 Å². The fourth-order valence-corrected chi connectivity index (χ4v) is 3.36. The van der Waals surface area contributed by atoms with Crippen LogP contribution in [0.5, 0.6) is 5.75 Å². The molecule has 0 aliphatic carbocycles. The Bertz CT molecular complexity index is 544. The highest BCUT2D eigenvalue weighted by atomic mass is 16.6. The first kappa shape index (κ1) is 13.2. The lowest BCUT2D eigenvalue weighted by atomic mass is 9.98. The van der Waals surface area contributed by atoms with E-state index in [1.165, 1.54) is 16.2 Å². The zero-order valence-electron chi connectivity index (χ0n) is 12.5. The van der Waals surface area contributed by atoms with Gasteiger partial charge in [-0.25, -0.2) is 4.79 Å². The molecule has 3 rings (SSSR count). The Morgan fingerprint density at radius 1 is 1.35 bits per heavy atom. The van der Waals surface area contributed by atoms with Gasteiger partial charge in [0, 0.05) is 39.3 Å². The van der Waals surface area contributed by atoms with Crippen molar-refractivity contribution < 1.29 is 9.53 Å². The molecule has 5 nitrogen and oxygen atoms in total. The van der Waals surface area contributed by atoms with Gasteiger partial charge in [-0.15, -0.1) is 0 Å². The molecular formula is C15H21N3O2. The maximum absolute atomic E-state index is 11.6. The summed E-state index contributed by atoms with van der Waals surface area (Å²) >= 11 is 0. The Labute approximate surface area is 119 Å². The minimum absolute atomic E-state index is 0.337. The first-order valence-corrected chi connectivity index (χ1v) is 6.95. The van der Waals surface area contributed by atoms with Gasteiger partial charge in [-0.2, -0.15) is 0 Å². The van der Waals surface area contributed by atoms with Crippen LogP contribution in [0.2, 0.25) is 0 Å². The number of hydrogen-bond acceptors (Lipinski definition) is 4. The summed E-state index contributed by atoms with van der Waals surface area (Å²) in [6.45, 7) is 1.11. The Morgan fingerprint density at radius 2 is 2.10 bits per heavy atom. The number of nitrogens with zero attached hydrogens (tertiary/aromatic N) is 3. The van der Waals surface area contributed by atoms with Crippen LogP contribution in [0.4, 0.5) is 10.5 Å². The number of hydrogen-bond donors (Lipinski definition) is 0. The third-order valence-electron chi connectivity index (χ3n) is 4.35. The smallest absolute Gasteiger partial charge is 0.410 e. The average molecular weight is 275 g/mol. The predicted octanol–water partition coefficient (Wildman–Crippen LogP) is 1.94. The number of anilines is 1. The number of ether oxygens (including phenoxy) is 1. The van der Waals surface area contributed by atoms with Crippen molar-refractivity contribution in [2.75, 3.05) is 39.6 Å². The third-order valence-corrected chi connectivity index (χ3v) is 4.35. The van der Waals surface area contributed by atoms with Gasteiger partial charge in [0.1, 0.15) is 5.75 Å². The third kappa shape index (κ3) is 1.93. The second-order valence-corrected chi connectivity index (χ2v) is 5.88. The van der Waals surface area contributed by atoms with Crippen LogP contribution < -0.4 is 9.64 Å². The molecule has 2 aliphatic heterocycles. The van der Waals surface area contributed by atoms with E-state index in [0.717, 1.165) is 13.0 Å². The number of carbonyl (C=O) groups is 1. The van der Waals surface area contributed by atoms with Gasteiger partial charge < -0.3 is 14.5 Å². The van der Waals surface area contributed by atoms with Crippen LogP contribution in [-0.2, 0) is 0 Å². The lowest BCUT2D eigenvalue weighted by Crippen LogP contribution is -2.39. The first-order chi connectivity index (χ1) is 9.49. The van der Waals surface area contributed by atoms with E-state index in [2.05, 4.69) is 30.0 Å². The molecule has 0 N–H and O–H groups in total. The van der Waals surface area contributed by atoms with Crippen LogP contribution in [0.1, 0.15) is 17.9 Å². The number of likely N-dealkylation sites (tertiary alicyclic amines) is 1. The van der Waals surface area contributed by atoms with Crippen LogP contribution in [0.3, 0.4) is 0 Å². The van der Waals surface area contributed by atoms with Crippen molar-refractivity contribution in [3.63, 3.8) is 0 Å². The highest BCUT2D eigenvalue weighted by Gasteiger charge is 2.43. The topological polar surface area (TPSA) is 36.0 Å². The average Bonchev–Trinajstić information content (AvgIpc) is 2.91. The molecule has 2 atom stereocenters. The zero-order chi connectivity index (χ0) is 14.4. The number of fused-ring (bicyclic) bond motifs is 3. The molecule has 1 fully saturated rings. The molecule has 5 heteroatoms. The molecule has 20 heavy (non-hydrogen) atoms. The van der Waals surface area contributed by atoms with E-state index >= 15 is 0 Å². The zero-order valence-corrected chi connectivity index (χ0v) is 12.5. The van der Waals surface area contributed by atoms with Crippen molar-refractivity contribution in [2.24, 2.45) is 0 Å². The maximum atomic E-state index is 11.6. The van der Waals surface area contributed by atoms with Gasteiger partial charge in [0.05, 0.1) is 6.17 Å². The van der Waals surface area contributed by atoms with E-state index in [1.807, 2.05) is 12.1 Å². The van der Waals surface area contributed by atoms with Crippen LogP contribution in [0.15, 0.2) is 18.2 Å². The number of amides is 1. The molecule has 0 aromatic heterocycles. The normalized spacial score (nSPS) is 24.5. The summed E-state index contributed by atoms with van der Waals surface area (Å²) < 4.78 is 5.37. The summed E-state index contributed by atoms with van der Waals surface area (Å²) in [5.41, 5.74) is 2.54. The molecule has 0 bridgehead atoms. The molecule has 1 aromatic carbocycles. The van der Waals surface area contributed by atoms with E-state index in [9.17, 15) is 4.79 Å². The quantitative estimate of drug-likeness (QED) is 0.785. The lowest BCUT2D eigenvalue weighted by Gasteiger charge is -2.28. The minimum atomic E-state index is -0.337. The number of benzene rings is 1. The molecule has 1 amide bonds. The van der Waals surface area contributed by atoms with Gasteiger partial charge in [-0.05, 0) is 37.2 Å². The second kappa shape index (κ2) is 4.66. The van der Waals surface area contributed by atoms with Crippen molar-refractivity contribution in [3.05, 3.63) is 23.8 Å². The Balaban J connectivity index is 1.89. The van der Waals surface area contributed by atoms with Crippen molar-refractivity contribution >= 4 is 11.8 Å². The maximum Gasteiger partial charge on any atom is 0.414 e. The number of carbonyl (C=O) groups excluding carboxylic acids is 1. The van der Waals surface area contributed by atoms with Crippen molar-refractivity contribution in [3.8, 4) is 5.75 Å². The molecule has 108 valence electrons. The summed E-state index contributed by atoms with van der Waals surface area (Å²) in [5.74, 6) is 1.14. The van der Waals surface area contributed by atoms with E-state index in [0.29, 0.717) is 17.8 Å². The Hall–Kier alpha value is -1.75. The number of rotatable bonds is 1. The SMILES string of the molecule is CN(C)C(=O)Oc1ccc2c(c1)C1CCN(C)C1N2C. The van der Waals surface area contributed by atoms with Crippen LogP contribution in [-0.4, -0.2) is 56.8 Å². The molecule has 2 unspecified atom stereocenters. The van der Waals surface area contributed by atoms with Gasteiger partial charge in [-0.3, -0.25) is 4.90 Å². The van der Waals surface area contributed by atoms with Gasteiger partial charge in [0.15, 0.2) is 0 Å². The van der Waals surface area contributed by atoms with Crippen molar-refractivity contribution in [1.29, 1.82) is 0 Å². The van der Waals surface area contributed by atoms with E-state index in [4.69, 9.17) is 4.74 Å². The highest BCUT2D eigenvalue weighted by Crippen LogP contribution is 2.47. The molecule has 2 aliphatic rings. The Kier molecular flexibility index (Phi) is 3.09. The van der Waals surface area contributed by atoms with Crippen molar-refractivity contribution in [2.45, 2.75) is 18.5 Å². The van der Waals surface area contributed by atoms with Crippen LogP contribution in [0.25, 0.3) is 0 Å². The molecule has 1 aromatic rings. The van der Waals surface area contributed by atoms with E-state index in [-0.39, 0.29) is 6.09 Å². The first-order valence-electron chi connectivity index (χ1n) is 6.95.